The van der Waals surface area contributed by atoms with E-state index in [0.717, 1.165) is 0 Å². The second kappa shape index (κ2) is 10.2. The fraction of sp³-hybridized carbons (Fsp3) is 0.619. The third-order valence-electron chi connectivity index (χ3n) is 4.96. The maximum absolute atomic E-state index is 12.7. The monoisotopic (exact) mass is 360 g/mol. The molecule has 5 heteroatoms. The summed E-state index contributed by atoms with van der Waals surface area (Å²) >= 11 is 0. The lowest BCUT2D eigenvalue weighted by Gasteiger charge is -2.25. The Morgan fingerprint density at radius 2 is 1.85 bits per heavy atom. The van der Waals surface area contributed by atoms with Crippen LogP contribution in [0.25, 0.3) is 0 Å². The number of hydrogen-bond acceptors (Lipinski definition) is 3. The summed E-state index contributed by atoms with van der Waals surface area (Å²) in [5, 5.41) is 5.93. The Morgan fingerprint density at radius 3 is 2.50 bits per heavy atom. The number of ether oxygens (including phenoxy) is 1. The minimum absolute atomic E-state index is 0.00422. The SMILES string of the molecule is CCOc1ccccc1C(=O)N[C@H](C(=O)NCC1CCCCC1)C(C)C. The zero-order valence-electron chi connectivity index (χ0n) is 16.2. The molecule has 0 radical (unpaired) electrons. The van der Waals surface area contributed by atoms with Gasteiger partial charge in [0.15, 0.2) is 0 Å². The molecule has 0 aliphatic heterocycles. The van der Waals surface area contributed by atoms with Crippen molar-refractivity contribution in [3.05, 3.63) is 29.8 Å². The summed E-state index contributed by atoms with van der Waals surface area (Å²) in [4.78, 5) is 25.3. The Bertz CT molecular complexity index is 595. The molecule has 0 spiro atoms. The van der Waals surface area contributed by atoms with Gasteiger partial charge in [0.25, 0.3) is 5.91 Å². The van der Waals surface area contributed by atoms with Crippen LogP contribution >= 0.6 is 0 Å². The van der Waals surface area contributed by atoms with E-state index in [4.69, 9.17) is 4.74 Å². The molecule has 0 saturated heterocycles. The summed E-state index contributed by atoms with van der Waals surface area (Å²) in [6.45, 7) is 6.96. The fourth-order valence-electron chi connectivity index (χ4n) is 3.44. The Balaban J connectivity index is 1.98. The summed E-state index contributed by atoms with van der Waals surface area (Å²) in [7, 11) is 0. The van der Waals surface area contributed by atoms with Crippen LogP contribution in [0.4, 0.5) is 0 Å². The molecule has 2 rings (SSSR count). The lowest BCUT2D eigenvalue weighted by atomic mass is 9.89. The van der Waals surface area contributed by atoms with E-state index in [9.17, 15) is 9.59 Å². The van der Waals surface area contributed by atoms with Crippen LogP contribution < -0.4 is 15.4 Å². The second-order valence-corrected chi connectivity index (χ2v) is 7.37. The largest absolute Gasteiger partial charge is 0.493 e. The van der Waals surface area contributed by atoms with Crippen molar-refractivity contribution in [1.29, 1.82) is 0 Å². The fourth-order valence-corrected chi connectivity index (χ4v) is 3.44. The van der Waals surface area contributed by atoms with Crippen molar-refractivity contribution in [2.45, 2.75) is 58.9 Å². The minimum Gasteiger partial charge on any atom is -0.493 e. The van der Waals surface area contributed by atoms with Gasteiger partial charge in [0.1, 0.15) is 11.8 Å². The van der Waals surface area contributed by atoms with Gasteiger partial charge >= 0.3 is 0 Å². The van der Waals surface area contributed by atoms with Crippen LogP contribution in [0.1, 0.15) is 63.2 Å². The van der Waals surface area contributed by atoms with Crippen molar-refractivity contribution >= 4 is 11.8 Å². The molecule has 2 amide bonds. The molecule has 26 heavy (non-hydrogen) atoms. The molecule has 1 aromatic carbocycles. The molecule has 0 aromatic heterocycles. The average Bonchev–Trinajstić information content (AvgIpc) is 2.65. The highest BCUT2D eigenvalue weighted by atomic mass is 16.5. The molecule has 1 atom stereocenters. The van der Waals surface area contributed by atoms with E-state index < -0.39 is 6.04 Å². The van der Waals surface area contributed by atoms with Gasteiger partial charge in [-0.15, -0.1) is 0 Å². The highest BCUT2D eigenvalue weighted by Crippen LogP contribution is 2.23. The van der Waals surface area contributed by atoms with Crippen molar-refractivity contribution in [2.75, 3.05) is 13.2 Å². The molecule has 1 saturated carbocycles. The molecule has 0 heterocycles. The number of hydrogen-bond donors (Lipinski definition) is 2. The molecule has 1 fully saturated rings. The molecule has 1 aromatic rings. The third-order valence-corrected chi connectivity index (χ3v) is 4.96. The zero-order valence-corrected chi connectivity index (χ0v) is 16.2. The van der Waals surface area contributed by atoms with Gasteiger partial charge in [-0.3, -0.25) is 9.59 Å². The normalized spacial score (nSPS) is 16.2. The van der Waals surface area contributed by atoms with Crippen LogP contribution in [0.15, 0.2) is 24.3 Å². The van der Waals surface area contributed by atoms with Crippen LogP contribution in [-0.4, -0.2) is 31.0 Å². The standard InChI is InChI=1S/C21H32N2O3/c1-4-26-18-13-9-8-12-17(18)20(24)23-19(15(2)3)21(25)22-14-16-10-6-5-7-11-16/h8-9,12-13,15-16,19H,4-7,10-11,14H2,1-3H3,(H,22,25)(H,23,24)/t19-/m0/s1. The molecule has 2 N–H and O–H groups in total. The first-order chi connectivity index (χ1) is 12.5. The molecule has 0 unspecified atom stereocenters. The van der Waals surface area contributed by atoms with Gasteiger partial charge in [0.2, 0.25) is 5.91 Å². The Kier molecular flexibility index (Phi) is 7.95. The quantitative estimate of drug-likeness (QED) is 0.745. The molecular weight excluding hydrogens is 328 g/mol. The number of rotatable bonds is 8. The summed E-state index contributed by atoms with van der Waals surface area (Å²) in [5.41, 5.74) is 0.458. The Labute approximate surface area is 156 Å². The van der Waals surface area contributed by atoms with E-state index in [1.165, 1.54) is 32.1 Å². The first kappa shape index (κ1) is 20.3. The van der Waals surface area contributed by atoms with Gasteiger partial charge in [-0.25, -0.2) is 0 Å². The van der Waals surface area contributed by atoms with Crippen molar-refractivity contribution in [2.24, 2.45) is 11.8 Å². The first-order valence-corrected chi connectivity index (χ1v) is 9.83. The molecule has 144 valence electrons. The van der Waals surface area contributed by atoms with E-state index in [1.54, 1.807) is 18.2 Å². The lowest BCUT2D eigenvalue weighted by molar-refractivity contribution is -0.124. The van der Waals surface area contributed by atoms with Gasteiger partial charge in [-0.1, -0.05) is 45.2 Å². The van der Waals surface area contributed by atoms with Crippen molar-refractivity contribution in [3.8, 4) is 5.75 Å². The highest BCUT2D eigenvalue weighted by molar-refractivity contribution is 5.99. The number of amides is 2. The summed E-state index contributed by atoms with van der Waals surface area (Å²) < 4.78 is 5.53. The van der Waals surface area contributed by atoms with Crippen LogP contribution in [-0.2, 0) is 4.79 Å². The maximum atomic E-state index is 12.7. The van der Waals surface area contributed by atoms with Crippen LogP contribution in [0.5, 0.6) is 5.75 Å². The Hall–Kier alpha value is -2.04. The predicted molar refractivity (Wildman–Crippen MR) is 103 cm³/mol. The van der Waals surface area contributed by atoms with Crippen molar-refractivity contribution in [1.82, 2.24) is 10.6 Å². The first-order valence-electron chi connectivity index (χ1n) is 9.83. The lowest BCUT2D eigenvalue weighted by Crippen LogP contribution is -2.50. The highest BCUT2D eigenvalue weighted by Gasteiger charge is 2.26. The van der Waals surface area contributed by atoms with E-state index in [1.807, 2.05) is 26.8 Å². The summed E-state index contributed by atoms with van der Waals surface area (Å²) in [6.07, 6.45) is 6.16. The van der Waals surface area contributed by atoms with Crippen molar-refractivity contribution in [3.63, 3.8) is 0 Å². The second-order valence-electron chi connectivity index (χ2n) is 7.37. The molecule has 1 aliphatic rings. The van der Waals surface area contributed by atoms with E-state index in [0.29, 0.717) is 30.4 Å². The topological polar surface area (TPSA) is 67.4 Å². The average molecular weight is 360 g/mol. The van der Waals surface area contributed by atoms with Gasteiger partial charge in [0, 0.05) is 6.54 Å². The van der Waals surface area contributed by atoms with E-state index in [-0.39, 0.29) is 17.7 Å². The predicted octanol–water partition coefficient (Wildman–Crippen LogP) is 3.54. The van der Waals surface area contributed by atoms with E-state index >= 15 is 0 Å². The van der Waals surface area contributed by atoms with Gasteiger partial charge < -0.3 is 15.4 Å². The maximum Gasteiger partial charge on any atom is 0.255 e. The molecule has 0 bridgehead atoms. The smallest absolute Gasteiger partial charge is 0.255 e. The molecular formula is C21H32N2O3. The van der Waals surface area contributed by atoms with E-state index in [2.05, 4.69) is 10.6 Å². The number of carbonyl (C=O) groups excluding carboxylic acids is 2. The number of benzene rings is 1. The third kappa shape index (κ3) is 5.75. The summed E-state index contributed by atoms with van der Waals surface area (Å²) in [6, 6.07) is 6.56. The number of nitrogens with one attached hydrogen (secondary N) is 2. The van der Waals surface area contributed by atoms with Crippen LogP contribution in [0, 0.1) is 11.8 Å². The molecule has 1 aliphatic carbocycles. The van der Waals surface area contributed by atoms with Crippen LogP contribution in [0.2, 0.25) is 0 Å². The minimum atomic E-state index is -0.555. The van der Waals surface area contributed by atoms with Crippen LogP contribution in [0.3, 0.4) is 0 Å². The number of carbonyl (C=O) groups is 2. The van der Waals surface area contributed by atoms with Gasteiger partial charge in [-0.05, 0) is 43.7 Å². The van der Waals surface area contributed by atoms with Gasteiger partial charge in [-0.2, -0.15) is 0 Å². The zero-order chi connectivity index (χ0) is 18.9. The molecule has 5 nitrogen and oxygen atoms in total. The summed E-state index contributed by atoms with van der Waals surface area (Å²) in [5.74, 6) is 0.727. The van der Waals surface area contributed by atoms with Crippen molar-refractivity contribution < 1.29 is 14.3 Å². The Morgan fingerprint density at radius 1 is 1.15 bits per heavy atom. The van der Waals surface area contributed by atoms with Gasteiger partial charge in [0.05, 0.1) is 12.2 Å². The number of para-hydroxylation sites is 1.